The second-order valence-corrected chi connectivity index (χ2v) is 4.37. The van der Waals surface area contributed by atoms with Crippen LogP contribution in [0.25, 0.3) is 0 Å². The van der Waals surface area contributed by atoms with Gasteiger partial charge in [0.25, 0.3) is 0 Å². The minimum Gasteiger partial charge on any atom is -0.394 e. The maximum atomic E-state index is 9.17. The minimum atomic E-state index is 0.126. The summed E-state index contributed by atoms with van der Waals surface area (Å²) in [5.41, 5.74) is 0.126. The summed E-state index contributed by atoms with van der Waals surface area (Å²) in [6.45, 7) is 2.58. The molecule has 0 amide bonds. The predicted molar refractivity (Wildman–Crippen MR) is 44.4 cm³/mol. The highest BCUT2D eigenvalue weighted by Crippen LogP contribution is 2.39. The normalized spacial score (nSPS) is 43.6. The highest BCUT2D eigenvalue weighted by Gasteiger charge is 2.44. The van der Waals surface area contributed by atoms with Gasteiger partial charge in [0.1, 0.15) is 0 Å². The van der Waals surface area contributed by atoms with E-state index in [1.165, 1.54) is 25.7 Å². The SMILES string of the molecule is CC1CC(CO)(NC2CC2)C1. The Morgan fingerprint density at radius 3 is 2.45 bits per heavy atom. The summed E-state index contributed by atoms with van der Waals surface area (Å²) < 4.78 is 0. The van der Waals surface area contributed by atoms with E-state index in [2.05, 4.69) is 12.2 Å². The van der Waals surface area contributed by atoms with Gasteiger partial charge in [-0.05, 0) is 31.6 Å². The topological polar surface area (TPSA) is 32.3 Å². The molecule has 2 nitrogen and oxygen atoms in total. The fourth-order valence-electron chi connectivity index (χ4n) is 2.23. The first-order valence-corrected chi connectivity index (χ1v) is 4.63. The Morgan fingerprint density at radius 2 is 2.09 bits per heavy atom. The van der Waals surface area contributed by atoms with Crippen LogP contribution in [0.4, 0.5) is 0 Å². The third kappa shape index (κ3) is 1.42. The molecule has 0 bridgehead atoms. The average molecular weight is 155 g/mol. The Bertz CT molecular complexity index is 148. The third-order valence-electron chi connectivity index (χ3n) is 2.87. The smallest absolute Gasteiger partial charge is 0.0613 e. The van der Waals surface area contributed by atoms with Crippen LogP contribution in [0.2, 0.25) is 0 Å². The van der Waals surface area contributed by atoms with Gasteiger partial charge in [-0.3, -0.25) is 0 Å². The molecule has 0 atom stereocenters. The molecule has 11 heavy (non-hydrogen) atoms. The predicted octanol–water partition coefficient (Wildman–Crippen LogP) is 0.899. The second-order valence-electron chi connectivity index (χ2n) is 4.37. The quantitative estimate of drug-likeness (QED) is 0.634. The van der Waals surface area contributed by atoms with Gasteiger partial charge in [0.2, 0.25) is 0 Å². The van der Waals surface area contributed by atoms with Gasteiger partial charge >= 0.3 is 0 Å². The van der Waals surface area contributed by atoms with Crippen molar-refractivity contribution in [3.05, 3.63) is 0 Å². The maximum Gasteiger partial charge on any atom is 0.0613 e. The van der Waals surface area contributed by atoms with Gasteiger partial charge in [-0.25, -0.2) is 0 Å². The number of hydrogen-bond donors (Lipinski definition) is 2. The fraction of sp³-hybridized carbons (Fsp3) is 1.00. The molecule has 0 aliphatic heterocycles. The number of aliphatic hydroxyl groups excluding tert-OH is 1. The average Bonchev–Trinajstić information content (AvgIpc) is 2.67. The zero-order valence-electron chi connectivity index (χ0n) is 7.14. The lowest BCUT2D eigenvalue weighted by molar-refractivity contribution is 0.0458. The van der Waals surface area contributed by atoms with E-state index in [9.17, 15) is 0 Å². The standard InChI is InChI=1S/C9H17NO/c1-7-4-9(5-7,6-11)10-8-2-3-8/h7-8,10-11H,2-6H2,1H3. The monoisotopic (exact) mass is 155 g/mol. The summed E-state index contributed by atoms with van der Waals surface area (Å²) >= 11 is 0. The molecule has 2 aliphatic carbocycles. The molecule has 2 saturated carbocycles. The molecule has 2 fully saturated rings. The Hall–Kier alpha value is -0.0800. The van der Waals surface area contributed by atoms with Gasteiger partial charge in [-0.15, -0.1) is 0 Å². The highest BCUT2D eigenvalue weighted by molar-refractivity contribution is 5.03. The van der Waals surface area contributed by atoms with E-state index in [1.807, 2.05) is 0 Å². The van der Waals surface area contributed by atoms with Crippen molar-refractivity contribution in [2.24, 2.45) is 5.92 Å². The van der Waals surface area contributed by atoms with Crippen LogP contribution in [0, 0.1) is 5.92 Å². The fourth-order valence-corrected chi connectivity index (χ4v) is 2.23. The van der Waals surface area contributed by atoms with Crippen molar-refractivity contribution in [3.63, 3.8) is 0 Å². The summed E-state index contributed by atoms with van der Waals surface area (Å²) in [5, 5.41) is 12.7. The zero-order valence-corrected chi connectivity index (χ0v) is 7.14. The molecule has 0 spiro atoms. The summed E-state index contributed by atoms with van der Waals surface area (Å²) in [7, 11) is 0. The van der Waals surface area contributed by atoms with E-state index in [0.717, 1.165) is 12.0 Å². The van der Waals surface area contributed by atoms with Crippen LogP contribution in [-0.4, -0.2) is 23.3 Å². The number of aliphatic hydroxyl groups is 1. The summed E-state index contributed by atoms with van der Waals surface area (Å²) in [6, 6.07) is 0.731. The molecular formula is C9H17NO. The molecule has 0 heterocycles. The van der Waals surface area contributed by atoms with Gasteiger partial charge in [-0.1, -0.05) is 6.92 Å². The number of nitrogens with one attached hydrogen (secondary N) is 1. The van der Waals surface area contributed by atoms with E-state index in [0.29, 0.717) is 6.61 Å². The Balaban J connectivity index is 1.85. The molecule has 64 valence electrons. The number of hydrogen-bond acceptors (Lipinski definition) is 2. The summed E-state index contributed by atoms with van der Waals surface area (Å²) in [6.07, 6.45) is 4.96. The van der Waals surface area contributed by atoms with Gasteiger partial charge in [-0.2, -0.15) is 0 Å². The largest absolute Gasteiger partial charge is 0.394 e. The van der Waals surface area contributed by atoms with Crippen molar-refractivity contribution in [1.29, 1.82) is 0 Å². The lowest BCUT2D eigenvalue weighted by Crippen LogP contribution is -2.58. The van der Waals surface area contributed by atoms with Gasteiger partial charge in [0.05, 0.1) is 6.61 Å². The lowest BCUT2D eigenvalue weighted by Gasteiger charge is -2.46. The van der Waals surface area contributed by atoms with Crippen molar-refractivity contribution in [1.82, 2.24) is 5.32 Å². The van der Waals surface area contributed by atoms with E-state index < -0.39 is 0 Å². The van der Waals surface area contributed by atoms with E-state index in [1.54, 1.807) is 0 Å². The zero-order chi connectivity index (χ0) is 7.90. The van der Waals surface area contributed by atoms with Crippen molar-refractivity contribution >= 4 is 0 Å². The first-order chi connectivity index (χ1) is 5.24. The van der Waals surface area contributed by atoms with Crippen molar-refractivity contribution < 1.29 is 5.11 Å². The van der Waals surface area contributed by atoms with E-state index in [4.69, 9.17) is 5.11 Å². The van der Waals surface area contributed by atoms with Crippen LogP contribution < -0.4 is 5.32 Å². The van der Waals surface area contributed by atoms with Crippen LogP contribution in [0.15, 0.2) is 0 Å². The van der Waals surface area contributed by atoms with Crippen molar-refractivity contribution in [2.45, 2.75) is 44.2 Å². The van der Waals surface area contributed by atoms with E-state index in [-0.39, 0.29) is 5.54 Å². The van der Waals surface area contributed by atoms with Crippen LogP contribution in [0.3, 0.4) is 0 Å². The minimum absolute atomic E-state index is 0.126. The lowest BCUT2D eigenvalue weighted by atomic mass is 9.69. The number of rotatable bonds is 3. The van der Waals surface area contributed by atoms with Crippen molar-refractivity contribution in [3.8, 4) is 0 Å². The molecular weight excluding hydrogens is 138 g/mol. The van der Waals surface area contributed by atoms with Crippen LogP contribution in [-0.2, 0) is 0 Å². The van der Waals surface area contributed by atoms with Gasteiger partial charge < -0.3 is 10.4 Å². The molecule has 0 aromatic carbocycles. The molecule has 2 aliphatic rings. The van der Waals surface area contributed by atoms with Crippen LogP contribution >= 0.6 is 0 Å². The summed E-state index contributed by atoms with van der Waals surface area (Å²) in [4.78, 5) is 0. The Morgan fingerprint density at radius 1 is 1.45 bits per heavy atom. The molecule has 0 saturated heterocycles. The van der Waals surface area contributed by atoms with Gasteiger partial charge in [0, 0.05) is 11.6 Å². The van der Waals surface area contributed by atoms with E-state index >= 15 is 0 Å². The molecule has 2 rings (SSSR count). The molecule has 0 aromatic heterocycles. The van der Waals surface area contributed by atoms with Crippen molar-refractivity contribution in [2.75, 3.05) is 6.61 Å². The molecule has 2 heteroatoms. The summed E-state index contributed by atoms with van der Waals surface area (Å²) in [5.74, 6) is 0.813. The first kappa shape index (κ1) is 7.56. The molecule has 0 unspecified atom stereocenters. The van der Waals surface area contributed by atoms with Crippen LogP contribution in [0.5, 0.6) is 0 Å². The molecule has 0 aromatic rings. The molecule has 2 N–H and O–H groups in total. The molecule has 0 radical (unpaired) electrons. The third-order valence-corrected chi connectivity index (χ3v) is 2.87. The maximum absolute atomic E-state index is 9.17. The Kier molecular flexibility index (Phi) is 1.69. The highest BCUT2D eigenvalue weighted by atomic mass is 16.3. The van der Waals surface area contributed by atoms with Crippen LogP contribution in [0.1, 0.15) is 32.6 Å². The second kappa shape index (κ2) is 2.46. The Labute approximate surface area is 68.0 Å². The van der Waals surface area contributed by atoms with Gasteiger partial charge in [0.15, 0.2) is 0 Å². The first-order valence-electron chi connectivity index (χ1n) is 4.63.